The van der Waals surface area contributed by atoms with Crippen LogP contribution in [0, 0.1) is 0 Å². The van der Waals surface area contributed by atoms with E-state index in [0.717, 1.165) is 48.7 Å². The van der Waals surface area contributed by atoms with Crippen molar-refractivity contribution in [3.8, 4) is 0 Å². The van der Waals surface area contributed by atoms with Crippen LogP contribution in [0.2, 0.25) is 0 Å². The Morgan fingerprint density at radius 2 is 2.05 bits per heavy atom. The van der Waals surface area contributed by atoms with Crippen LogP contribution in [0.5, 0.6) is 0 Å². The number of hydrogen-bond acceptors (Lipinski definition) is 3. The van der Waals surface area contributed by atoms with Gasteiger partial charge in [-0.15, -0.1) is 0 Å². The molecule has 0 spiro atoms. The van der Waals surface area contributed by atoms with Crippen molar-refractivity contribution in [3.05, 3.63) is 34.2 Å². The number of fused-ring (bicyclic) bond motifs is 1. The lowest BCUT2D eigenvalue weighted by atomic mass is 9.80. The second-order valence-corrected chi connectivity index (χ2v) is 6.17. The third-order valence-corrected chi connectivity index (χ3v) is 4.35. The van der Waals surface area contributed by atoms with E-state index in [2.05, 4.69) is 15.3 Å². The summed E-state index contributed by atoms with van der Waals surface area (Å²) < 4.78 is 0. The molecule has 4 N–H and O–H groups in total. The molecule has 0 radical (unpaired) electrons. The van der Waals surface area contributed by atoms with Crippen LogP contribution in [-0.2, 0) is 11.2 Å². The van der Waals surface area contributed by atoms with E-state index < -0.39 is 5.60 Å². The maximum Gasteiger partial charge on any atom is 0.323 e. The summed E-state index contributed by atoms with van der Waals surface area (Å²) in [6.07, 6.45) is 4.56. The van der Waals surface area contributed by atoms with Crippen molar-refractivity contribution in [2.75, 3.05) is 6.54 Å². The van der Waals surface area contributed by atoms with Crippen molar-refractivity contribution in [1.82, 2.24) is 15.3 Å². The van der Waals surface area contributed by atoms with Crippen LogP contribution in [0.15, 0.2) is 23.0 Å². The first-order valence-electron chi connectivity index (χ1n) is 7.74. The Morgan fingerprint density at radius 3 is 2.77 bits per heavy atom. The topological polar surface area (TPSA) is 98.0 Å². The highest BCUT2D eigenvalue weighted by Crippen LogP contribution is 2.30. The van der Waals surface area contributed by atoms with E-state index >= 15 is 0 Å². The van der Waals surface area contributed by atoms with Gasteiger partial charge in [0.2, 0.25) is 5.91 Å². The Bertz CT molecular complexity index is 728. The molecule has 1 heterocycles. The summed E-state index contributed by atoms with van der Waals surface area (Å²) >= 11 is 0. The highest BCUT2D eigenvalue weighted by molar-refractivity contribution is 5.76. The summed E-state index contributed by atoms with van der Waals surface area (Å²) in [4.78, 5) is 28.4. The average molecular weight is 303 g/mol. The zero-order valence-electron chi connectivity index (χ0n) is 12.4. The number of carbonyl (C=O) groups is 1. The number of aliphatic hydroxyl groups is 1. The lowest BCUT2D eigenvalue weighted by molar-refractivity contribution is -0.123. The quantitative estimate of drug-likeness (QED) is 0.645. The van der Waals surface area contributed by atoms with Gasteiger partial charge in [0.15, 0.2) is 0 Å². The van der Waals surface area contributed by atoms with Crippen LogP contribution in [0.4, 0.5) is 0 Å². The lowest BCUT2D eigenvalue weighted by Gasteiger charge is -2.36. The Labute approximate surface area is 127 Å². The number of imidazole rings is 1. The number of aromatic amines is 2. The van der Waals surface area contributed by atoms with Gasteiger partial charge in [-0.1, -0.05) is 6.07 Å². The van der Waals surface area contributed by atoms with E-state index in [1.165, 1.54) is 0 Å². The van der Waals surface area contributed by atoms with Gasteiger partial charge in [0.25, 0.3) is 0 Å². The van der Waals surface area contributed by atoms with Crippen LogP contribution < -0.4 is 11.0 Å². The molecule has 1 aromatic heterocycles. The number of benzene rings is 1. The maximum atomic E-state index is 11.8. The average Bonchev–Trinajstić information content (AvgIpc) is 2.82. The van der Waals surface area contributed by atoms with Gasteiger partial charge >= 0.3 is 5.69 Å². The first-order chi connectivity index (χ1) is 10.5. The number of amides is 1. The Hall–Kier alpha value is -2.08. The summed E-state index contributed by atoms with van der Waals surface area (Å²) in [6, 6.07) is 5.76. The second kappa shape index (κ2) is 5.96. The molecule has 1 saturated carbocycles. The van der Waals surface area contributed by atoms with E-state index in [1.807, 2.05) is 18.2 Å². The smallest absolute Gasteiger partial charge is 0.323 e. The number of carbonyl (C=O) groups excluding carboxylic acids is 1. The zero-order valence-corrected chi connectivity index (χ0v) is 12.4. The second-order valence-electron chi connectivity index (χ2n) is 6.17. The number of aryl methyl sites for hydroxylation is 1. The van der Waals surface area contributed by atoms with Gasteiger partial charge in [-0.3, -0.25) is 4.79 Å². The Morgan fingerprint density at radius 1 is 1.27 bits per heavy atom. The highest BCUT2D eigenvalue weighted by Gasteiger charge is 2.34. The van der Waals surface area contributed by atoms with Gasteiger partial charge in [0, 0.05) is 13.0 Å². The fourth-order valence-electron chi connectivity index (χ4n) is 2.80. The van der Waals surface area contributed by atoms with Crippen LogP contribution in [-0.4, -0.2) is 33.1 Å². The van der Waals surface area contributed by atoms with E-state index in [4.69, 9.17) is 0 Å². The minimum absolute atomic E-state index is 0.0172. The van der Waals surface area contributed by atoms with E-state index in [0.29, 0.717) is 13.0 Å². The van der Waals surface area contributed by atoms with Gasteiger partial charge in [-0.05, 0) is 49.8 Å². The minimum atomic E-state index is -0.666. The largest absolute Gasteiger partial charge is 0.388 e. The van der Waals surface area contributed by atoms with Gasteiger partial charge in [0.1, 0.15) is 0 Å². The molecule has 1 aliphatic rings. The first kappa shape index (κ1) is 14.8. The molecule has 1 amide bonds. The highest BCUT2D eigenvalue weighted by atomic mass is 16.3. The molecule has 22 heavy (non-hydrogen) atoms. The summed E-state index contributed by atoms with van der Waals surface area (Å²) in [7, 11) is 0. The number of H-pyrrole nitrogens is 2. The SMILES string of the molecule is O=C(CCCc1ccc2[nH]c(=O)[nH]c2c1)NCC1(O)CCC1. The molecule has 2 aromatic rings. The van der Waals surface area contributed by atoms with Crippen molar-refractivity contribution in [1.29, 1.82) is 0 Å². The molecule has 1 fully saturated rings. The van der Waals surface area contributed by atoms with Crippen molar-refractivity contribution in [2.45, 2.75) is 44.1 Å². The van der Waals surface area contributed by atoms with Crippen molar-refractivity contribution in [3.63, 3.8) is 0 Å². The first-order valence-corrected chi connectivity index (χ1v) is 7.74. The monoisotopic (exact) mass is 303 g/mol. The zero-order chi connectivity index (χ0) is 15.6. The third kappa shape index (κ3) is 3.39. The normalized spacial score (nSPS) is 16.4. The predicted octanol–water partition coefficient (Wildman–Crippen LogP) is 1.21. The number of aromatic nitrogens is 2. The summed E-state index contributed by atoms with van der Waals surface area (Å²) in [5.41, 5.74) is 1.80. The van der Waals surface area contributed by atoms with Crippen molar-refractivity contribution >= 4 is 16.9 Å². The lowest BCUT2D eigenvalue weighted by Crippen LogP contribution is -2.47. The summed E-state index contributed by atoms with van der Waals surface area (Å²) in [5.74, 6) is -0.0172. The summed E-state index contributed by atoms with van der Waals surface area (Å²) in [6.45, 7) is 0.363. The number of nitrogens with one attached hydrogen (secondary N) is 3. The molecule has 0 saturated heterocycles. The molecule has 6 heteroatoms. The number of hydrogen-bond donors (Lipinski definition) is 4. The summed E-state index contributed by atoms with van der Waals surface area (Å²) in [5, 5.41) is 12.7. The molecular weight excluding hydrogens is 282 g/mol. The maximum absolute atomic E-state index is 11.8. The van der Waals surface area contributed by atoms with E-state index in [-0.39, 0.29) is 11.6 Å². The van der Waals surface area contributed by atoms with E-state index in [1.54, 1.807) is 0 Å². The minimum Gasteiger partial charge on any atom is -0.388 e. The molecular formula is C16H21N3O3. The Kier molecular flexibility index (Phi) is 4.02. The fourth-order valence-corrected chi connectivity index (χ4v) is 2.80. The van der Waals surface area contributed by atoms with Gasteiger partial charge < -0.3 is 20.4 Å². The third-order valence-electron chi connectivity index (χ3n) is 4.35. The van der Waals surface area contributed by atoms with Gasteiger partial charge in [0.05, 0.1) is 16.6 Å². The van der Waals surface area contributed by atoms with Crippen LogP contribution in [0.1, 0.15) is 37.7 Å². The van der Waals surface area contributed by atoms with Gasteiger partial charge in [-0.2, -0.15) is 0 Å². The molecule has 118 valence electrons. The molecule has 0 bridgehead atoms. The van der Waals surface area contributed by atoms with Gasteiger partial charge in [-0.25, -0.2) is 4.79 Å². The van der Waals surface area contributed by atoms with Crippen molar-refractivity contribution in [2.24, 2.45) is 0 Å². The molecule has 3 rings (SSSR count). The molecule has 1 aliphatic carbocycles. The standard InChI is InChI=1S/C16H21N3O3/c20-14(17-10-16(22)7-2-8-16)4-1-3-11-5-6-12-13(9-11)19-15(21)18-12/h5-6,9,22H,1-4,7-8,10H2,(H,17,20)(H2,18,19,21). The van der Waals surface area contributed by atoms with Crippen LogP contribution >= 0.6 is 0 Å². The fraction of sp³-hybridized carbons (Fsp3) is 0.500. The Balaban J connectivity index is 1.45. The van der Waals surface area contributed by atoms with E-state index in [9.17, 15) is 14.7 Å². The molecule has 0 unspecified atom stereocenters. The molecule has 1 aromatic carbocycles. The van der Waals surface area contributed by atoms with Crippen molar-refractivity contribution < 1.29 is 9.90 Å². The number of rotatable bonds is 6. The predicted molar refractivity (Wildman–Crippen MR) is 83.7 cm³/mol. The van der Waals surface area contributed by atoms with Crippen LogP contribution in [0.25, 0.3) is 11.0 Å². The molecule has 0 atom stereocenters. The van der Waals surface area contributed by atoms with Crippen LogP contribution in [0.3, 0.4) is 0 Å². The molecule has 6 nitrogen and oxygen atoms in total. The molecule has 0 aliphatic heterocycles.